The summed E-state index contributed by atoms with van der Waals surface area (Å²) < 4.78 is 4.79. The van der Waals surface area contributed by atoms with Gasteiger partial charge in [0.2, 0.25) is 0 Å². The standard InChI is InChI=1S/C14H18O3S/c1-9(2)11-7-5-6-8-12(11)13(14(16)17-4)18-10(3)15/h5-9,13H,1-4H3. The molecule has 0 bridgehead atoms. The van der Waals surface area contributed by atoms with Crippen molar-refractivity contribution in [3.8, 4) is 0 Å². The summed E-state index contributed by atoms with van der Waals surface area (Å²) in [6.07, 6.45) is 0. The Morgan fingerprint density at radius 2 is 1.72 bits per heavy atom. The van der Waals surface area contributed by atoms with Crippen molar-refractivity contribution in [1.82, 2.24) is 0 Å². The Hall–Kier alpha value is -1.29. The monoisotopic (exact) mass is 266 g/mol. The van der Waals surface area contributed by atoms with Gasteiger partial charge in [0, 0.05) is 6.92 Å². The van der Waals surface area contributed by atoms with Crippen LogP contribution in [0.5, 0.6) is 0 Å². The highest BCUT2D eigenvalue weighted by molar-refractivity contribution is 8.14. The Morgan fingerprint density at radius 1 is 1.17 bits per heavy atom. The second kappa shape index (κ2) is 6.59. The molecule has 1 rings (SSSR count). The van der Waals surface area contributed by atoms with Gasteiger partial charge < -0.3 is 4.74 Å². The largest absolute Gasteiger partial charge is 0.468 e. The lowest BCUT2D eigenvalue weighted by Gasteiger charge is -2.18. The maximum Gasteiger partial charge on any atom is 0.323 e. The molecule has 0 aliphatic rings. The normalized spacial score (nSPS) is 12.3. The topological polar surface area (TPSA) is 43.4 Å². The summed E-state index contributed by atoms with van der Waals surface area (Å²) in [5.41, 5.74) is 1.93. The van der Waals surface area contributed by atoms with Crippen molar-refractivity contribution in [1.29, 1.82) is 0 Å². The van der Waals surface area contributed by atoms with Crippen LogP contribution in [0.4, 0.5) is 0 Å². The van der Waals surface area contributed by atoms with Gasteiger partial charge in [-0.1, -0.05) is 49.9 Å². The summed E-state index contributed by atoms with van der Waals surface area (Å²) in [6, 6.07) is 7.67. The highest BCUT2D eigenvalue weighted by atomic mass is 32.2. The number of carbonyl (C=O) groups is 2. The van der Waals surface area contributed by atoms with Crippen molar-refractivity contribution in [3.05, 3.63) is 35.4 Å². The van der Waals surface area contributed by atoms with Crippen LogP contribution >= 0.6 is 11.8 Å². The van der Waals surface area contributed by atoms with Crippen LogP contribution in [0.25, 0.3) is 0 Å². The molecule has 0 heterocycles. The molecule has 0 saturated carbocycles. The van der Waals surface area contributed by atoms with Crippen molar-refractivity contribution in [2.75, 3.05) is 7.11 Å². The third-order valence-electron chi connectivity index (χ3n) is 2.60. The van der Waals surface area contributed by atoms with Gasteiger partial charge in [0.1, 0.15) is 5.25 Å². The van der Waals surface area contributed by atoms with E-state index < -0.39 is 5.25 Å². The van der Waals surface area contributed by atoms with Crippen LogP contribution in [-0.4, -0.2) is 18.2 Å². The number of benzene rings is 1. The van der Waals surface area contributed by atoms with E-state index in [1.807, 2.05) is 24.3 Å². The average Bonchev–Trinajstić information content (AvgIpc) is 2.34. The van der Waals surface area contributed by atoms with Crippen LogP contribution in [0.1, 0.15) is 43.1 Å². The molecule has 18 heavy (non-hydrogen) atoms. The zero-order valence-electron chi connectivity index (χ0n) is 11.1. The minimum Gasteiger partial charge on any atom is -0.468 e. The SMILES string of the molecule is COC(=O)C(SC(C)=O)c1ccccc1C(C)C. The molecular formula is C14H18O3S. The molecule has 0 radical (unpaired) electrons. The van der Waals surface area contributed by atoms with Crippen LogP contribution in [0.15, 0.2) is 24.3 Å². The van der Waals surface area contributed by atoms with E-state index in [9.17, 15) is 9.59 Å². The first-order valence-electron chi connectivity index (χ1n) is 5.81. The fourth-order valence-electron chi connectivity index (χ4n) is 1.79. The molecule has 1 aromatic rings. The molecule has 0 aliphatic heterocycles. The summed E-state index contributed by atoms with van der Waals surface area (Å²) in [5.74, 6) is -0.0933. The molecule has 3 nitrogen and oxygen atoms in total. The van der Waals surface area contributed by atoms with Gasteiger partial charge in [-0.2, -0.15) is 0 Å². The van der Waals surface area contributed by atoms with Gasteiger partial charge >= 0.3 is 5.97 Å². The van der Waals surface area contributed by atoms with Crippen LogP contribution in [0, 0.1) is 0 Å². The maximum atomic E-state index is 11.8. The molecule has 0 saturated heterocycles. The molecule has 0 spiro atoms. The lowest BCUT2D eigenvalue weighted by atomic mass is 9.95. The molecule has 0 amide bonds. The average molecular weight is 266 g/mol. The number of carbonyl (C=O) groups excluding carboxylic acids is 2. The van der Waals surface area contributed by atoms with Crippen LogP contribution < -0.4 is 0 Å². The molecule has 0 fully saturated rings. The van der Waals surface area contributed by atoms with Crippen LogP contribution in [0.2, 0.25) is 0 Å². The first-order chi connectivity index (χ1) is 8.47. The predicted octanol–water partition coefficient (Wildman–Crippen LogP) is 3.30. The Morgan fingerprint density at radius 3 is 2.17 bits per heavy atom. The number of thioether (sulfide) groups is 1. The fraction of sp³-hybridized carbons (Fsp3) is 0.429. The lowest BCUT2D eigenvalue weighted by Crippen LogP contribution is -2.14. The van der Waals surface area contributed by atoms with Crippen molar-refractivity contribution in [3.63, 3.8) is 0 Å². The van der Waals surface area contributed by atoms with E-state index in [0.717, 1.165) is 22.9 Å². The number of hydrogen-bond donors (Lipinski definition) is 0. The number of ether oxygens (including phenoxy) is 1. The van der Waals surface area contributed by atoms with E-state index in [4.69, 9.17) is 4.74 Å². The second-order valence-electron chi connectivity index (χ2n) is 4.30. The molecule has 1 atom stereocenters. The van der Waals surface area contributed by atoms with Gasteiger partial charge in [-0.3, -0.25) is 9.59 Å². The minimum atomic E-state index is -0.578. The number of rotatable bonds is 4. The Bertz CT molecular complexity index is 440. The molecule has 0 N–H and O–H groups in total. The van der Waals surface area contributed by atoms with E-state index in [1.54, 1.807) is 0 Å². The van der Waals surface area contributed by atoms with E-state index in [1.165, 1.54) is 14.0 Å². The summed E-state index contributed by atoms with van der Waals surface area (Å²) in [5, 5.41) is -0.671. The van der Waals surface area contributed by atoms with Crippen molar-refractivity contribution >= 4 is 22.8 Å². The zero-order chi connectivity index (χ0) is 13.7. The first-order valence-corrected chi connectivity index (χ1v) is 6.69. The van der Waals surface area contributed by atoms with Gasteiger partial charge in [-0.15, -0.1) is 0 Å². The summed E-state index contributed by atoms with van der Waals surface area (Å²) in [7, 11) is 1.34. The number of methoxy groups -OCH3 is 1. The molecule has 1 unspecified atom stereocenters. The number of hydrogen-bond acceptors (Lipinski definition) is 4. The first kappa shape index (κ1) is 14.8. The van der Waals surface area contributed by atoms with Gasteiger partial charge in [0.25, 0.3) is 0 Å². The summed E-state index contributed by atoms with van der Waals surface area (Å²) in [4.78, 5) is 23.1. The van der Waals surface area contributed by atoms with Crippen LogP contribution in [-0.2, 0) is 14.3 Å². The zero-order valence-corrected chi connectivity index (χ0v) is 11.9. The minimum absolute atomic E-state index is 0.0936. The predicted molar refractivity (Wildman–Crippen MR) is 73.6 cm³/mol. The van der Waals surface area contributed by atoms with Gasteiger partial charge in [-0.25, -0.2) is 0 Å². The van der Waals surface area contributed by atoms with Crippen molar-refractivity contribution in [2.45, 2.75) is 31.9 Å². The van der Waals surface area contributed by atoms with Crippen molar-refractivity contribution < 1.29 is 14.3 Å². The van der Waals surface area contributed by atoms with Crippen LogP contribution in [0.3, 0.4) is 0 Å². The highest BCUT2D eigenvalue weighted by Gasteiger charge is 2.26. The quantitative estimate of drug-likeness (QED) is 0.784. The van der Waals surface area contributed by atoms with E-state index in [0.29, 0.717) is 5.92 Å². The van der Waals surface area contributed by atoms with E-state index in [-0.39, 0.29) is 11.1 Å². The molecule has 0 aliphatic carbocycles. The van der Waals surface area contributed by atoms with Gasteiger partial charge in [-0.05, 0) is 17.0 Å². The Labute approximate surface area is 112 Å². The van der Waals surface area contributed by atoms with Gasteiger partial charge in [0.05, 0.1) is 7.11 Å². The lowest BCUT2D eigenvalue weighted by molar-refractivity contribution is -0.140. The molecular weight excluding hydrogens is 248 g/mol. The van der Waals surface area contributed by atoms with Crippen molar-refractivity contribution in [2.24, 2.45) is 0 Å². The summed E-state index contributed by atoms with van der Waals surface area (Å²) in [6.45, 7) is 5.58. The molecule has 98 valence electrons. The van der Waals surface area contributed by atoms with E-state index in [2.05, 4.69) is 13.8 Å². The fourth-order valence-corrected chi connectivity index (χ4v) is 2.65. The third kappa shape index (κ3) is 3.60. The maximum absolute atomic E-state index is 11.8. The third-order valence-corrected chi connectivity index (χ3v) is 3.61. The molecule has 0 aromatic heterocycles. The number of esters is 1. The second-order valence-corrected chi connectivity index (χ2v) is 5.58. The van der Waals surface area contributed by atoms with Gasteiger partial charge in [0.15, 0.2) is 5.12 Å². The van der Waals surface area contributed by atoms with E-state index >= 15 is 0 Å². The smallest absolute Gasteiger partial charge is 0.323 e. The Kier molecular flexibility index (Phi) is 5.41. The molecule has 1 aromatic carbocycles. The highest BCUT2D eigenvalue weighted by Crippen LogP contribution is 2.35. The Balaban J connectivity index is 3.20. The summed E-state index contributed by atoms with van der Waals surface area (Å²) >= 11 is 1.00. The molecule has 4 heteroatoms.